The van der Waals surface area contributed by atoms with Crippen molar-refractivity contribution in [3.63, 3.8) is 0 Å². The van der Waals surface area contributed by atoms with Crippen LogP contribution >= 0.6 is 0 Å². The molecule has 146 valence electrons. The summed E-state index contributed by atoms with van der Waals surface area (Å²) >= 11 is 0. The van der Waals surface area contributed by atoms with Gasteiger partial charge in [-0.25, -0.2) is 13.4 Å². The highest BCUT2D eigenvalue weighted by Crippen LogP contribution is 2.39. The van der Waals surface area contributed by atoms with Crippen LogP contribution in [-0.2, 0) is 28.0 Å². The molecule has 0 radical (unpaired) electrons. The molecule has 28 heavy (non-hydrogen) atoms. The van der Waals surface area contributed by atoms with Gasteiger partial charge in [-0.15, -0.1) is 0 Å². The van der Waals surface area contributed by atoms with Crippen molar-refractivity contribution in [2.75, 3.05) is 17.4 Å². The normalized spacial score (nSPS) is 17.7. The van der Waals surface area contributed by atoms with Crippen molar-refractivity contribution in [3.05, 3.63) is 58.9 Å². The van der Waals surface area contributed by atoms with Crippen molar-refractivity contribution >= 4 is 27.7 Å². The van der Waals surface area contributed by atoms with Crippen LogP contribution < -0.4 is 19.1 Å². The molecule has 0 atom stereocenters. The van der Waals surface area contributed by atoms with Gasteiger partial charge in [0.05, 0.1) is 5.56 Å². The lowest BCUT2D eigenvalue weighted by atomic mass is 9.98. The average Bonchev–Trinajstić information content (AvgIpc) is 2.92. The first-order valence-electron chi connectivity index (χ1n) is 8.50. The highest BCUT2D eigenvalue weighted by Gasteiger charge is 2.40. The van der Waals surface area contributed by atoms with Crippen molar-refractivity contribution in [2.24, 2.45) is 0 Å². The number of fused-ring (bicyclic) bond motifs is 1. The number of rotatable bonds is 4. The number of hydrogen-bond acceptors (Lipinski definition) is 5. The van der Waals surface area contributed by atoms with Crippen LogP contribution in [0.4, 0.5) is 10.1 Å². The summed E-state index contributed by atoms with van der Waals surface area (Å²) in [4.78, 5) is 23.8. The molecule has 2 heterocycles. The summed E-state index contributed by atoms with van der Waals surface area (Å²) in [5.74, 6) is -2.51. The van der Waals surface area contributed by atoms with Crippen LogP contribution in [0.15, 0.2) is 36.4 Å². The van der Waals surface area contributed by atoms with Crippen LogP contribution in [0.25, 0.3) is 0 Å². The van der Waals surface area contributed by atoms with E-state index in [2.05, 4.69) is 5.32 Å². The molecule has 0 saturated carbocycles. The SMILES string of the molecule is O=C1CN(c2c(OCc3ccccc3)cc3c(c2F)C(=O)NCC3)S(=O)(=O)N1. The van der Waals surface area contributed by atoms with Crippen molar-refractivity contribution < 1.29 is 27.1 Å². The van der Waals surface area contributed by atoms with Crippen molar-refractivity contribution in [3.8, 4) is 5.75 Å². The van der Waals surface area contributed by atoms with Crippen LogP contribution in [-0.4, -0.2) is 33.3 Å². The van der Waals surface area contributed by atoms with Gasteiger partial charge >= 0.3 is 10.2 Å². The van der Waals surface area contributed by atoms with E-state index in [1.165, 1.54) is 6.07 Å². The van der Waals surface area contributed by atoms with Gasteiger partial charge in [0.1, 0.15) is 24.6 Å². The average molecular weight is 405 g/mol. The predicted octanol–water partition coefficient (Wildman–Crippen LogP) is 0.872. The minimum Gasteiger partial charge on any atom is -0.487 e. The first-order valence-corrected chi connectivity index (χ1v) is 9.94. The largest absolute Gasteiger partial charge is 0.487 e. The monoisotopic (exact) mass is 405 g/mol. The smallest absolute Gasteiger partial charge is 0.326 e. The van der Waals surface area contributed by atoms with Crippen LogP contribution in [0, 0.1) is 5.82 Å². The molecular formula is C18H16FN3O5S. The molecule has 4 rings (SSSR count). The fourth-order valence-electron chi connectivity index (χ4n) is 3.23. The van der Waals surface area contributed by atoms with Gasteiger partial charge in [-0.3, -0.25) is 9.59 Å². The van der Waals surface area contributed by atoms with Gasteiger partial charge in [-0.2, -0.15) is 8.42 Å². The highest BCUT2D eigenvalue weighted by atomic mass is 32.2. The second-order valence-electron chi connectivity index (χ2n) is 6.39. The summed E-state index contributed by atoms with van der Waals surface area (Å²) in [7, 11) is -4.28. The number of halogens is 1. The summed E-state index contributed by atoms with van der Waals surface area (Å²) in [6, 6.07) is 10.5. The number of amides is 2. The second kappa shape index (κ2) is 6.79. The van der Waals surface area contributed by atoms with Crippen molar-refractivity contribution in [1.29, 1.82) is 0 Å². The number of carbonyl (C=O) groups excluding carboxylic acids is 2. The lowest BCUT2D eigenvalue weighted by Gasteiger charge is -2.25. The topological polar surface area (TPSA) is 105 Å². The molecule has 0 aromatic heterocycles. The van der Waals surface area contributed by atoms with Crippen LogP contribution in [0.5, 0.6) is 5.75 Å². The molecule has 2 N–H and O–H groups in total. The van der Waals surface area contributed by atoms with E-state index in [-0.39, 0.29) is 17.9 Å². The van der Waals surface area contributed by atoms with Crippen molar-refractivity contribution in [1.82, 2.24) is 10.0 Å². The first kappa shape index (κ1) is 18.2. The van der Waals surface area contributed by atoms with Gasteiger partial charge in [-0.1, -0.05) is 30.3 Å². The van der Waals surface area contributed by atoms with E-state index in [0.29, 0.717) is 22.8 Å². The standard InChI is InChI=1S/C18H16FN3O5S/c19-16-15-12(6-7-20-18(15)24)8-13(27-10-11-4-2-1-3-5-11)17(16)22-9-14(23)21-28(22,25)26/h1-5,8H,6-7,9-10H2,(H,20,24)(H,21,23). The van der Waals surface area contributed by atoms with Gasteiger partial charge in [0.15, 0.2) is 5.82 Å². The van der Waals surface area contributed by atoms with E-state index in [4.69, 9.17) is 4.74 Å². The number of anilines is 1. The minimum atomic E-state index is -4.28. The molecule has 0 unspecified atom stereocenters. The Morgan fingerprint density at radius 1 is 1.18 bits per heavy atom. The Morgan fingerprint density at radius 2 is 1.93 bits per heavy atom. The van der Waals surface area contributed by atoms with E-state index < -0.39 is 40.1 Å². The fourth-order valence-corrected chi connectivity index (χ4v) is 4.39. The van der Waals surface area contributed by atoms with E-state index in [1.807, 2.05) is 18.2 Å². The molecule has 2 aliphatic rings. The van der Waals surface area contributed by atoms with Gasteiger partial charge < -0.3 is 10.1 Å². The summed E-state index contributed by atoms with van der Waals surface area (Å²) in [5.41, 5.74) is 0.527. The number of hydrogen-bond donors (Lipinski definition) is 2. The molecular weight excluding hydrogens is 389 g/mol. The molecule has 2 aromatic carbocycles. The van der Waals surface area contributed by atoms with E-state index in [9.17, 15) is 18.0 Å². The Hall–Kier alpha value is -3.14. The third-order valence-corrected chi connectivity index (χ3v) is 5.88. The molecule has 0 spiro atoms. The van der Waals surface area contributed by atoms with Crippen LogP contribution in [0.3, 0.4) is 0 Å². The zero-order valence-electron chi connectivity index (χ0n) is 14.6. The number of ether oxygens (including phenoxy) is 1. The quantitative estimate of drug-likeness (QED) is 0.786. The lowest BCUT2D eigenvalue weighted by molar-refractivity contribution is -0.117. The maximum absolute atomic E-state index is 15.3. The highest BCUT2D eigenvalue weighted by molar-refractivity contribution is 7.92. The third kappa shape index (κ3) is 3.15. The number of nitrogens with zero attached hydrogens (tertiary/aromatic N) is 1. The second-order valence-corrected chi connectivity index (χ2v) is 7.98. The summed E-state index contributed by atoms with van der Waals surface area (Å²) in [5, 5.41) is 2.53. The Morgan fingerprint density at radius 3 is 2.61 bits per heavy atom. The Labute approximate surface area is 160 Å². The molecule has 1 fully saturated rings. The maximum atomic E-state index is 15.3. The maximum Gasteiger partial charge on any atom is 0.326 e. The van der Waals surface area contributed by atoms with Gasteiger partial charge in [-0.05, 0) is 23.6 Å². The van der Waals surface area contributed by atoms with Crippen LogP contribution in [0.2, 0.25) is 0 Å². The van der Waals surface area contributed by atoms with Crippen molar-refractivity contribution in [2.45, 2.75) is 13.0 Å². The summed E-state index contributed by atoms with van der Waals surface area (Å²) in [6.45, 7) is -0.195. The number of carbonyl (C=O) groups is 2. The first-order chi connectivity index (χ1) is 13.4. The zero-order valence-corrected chi connectivity index (χ0v) is 15.4. The van der Waals surface area contributed by atoms with E-state index >= 15 is 4.39 Å². The molecule has 8 nitrogen and oxygen atoms in total. The Bertz CT molecular complexity index is 1070. The van der Waals surface area contributed by atoms with Gasteiger partial charge in [0, 0.05) is 6.54 Å². The minimum absolute atomic E-state index is 0.0464. The molecule has 2 aromatic rings. The zero-order chi connectivity index (χ0) is 19.9. The number of nitrogens with one attached hydrogen (secondary N) is 2. The Balaban J connectivity index is 1.83. The van der Waals surface area contributed by atoms with E-state index in [1.54, 1.807) is 16.9 Å². The molecule has 1 saturated heterocycles. The molecule has 0 bridgehead atoms. The predicted molar refractivity (Wildman–Crippen MR) is 97.6 cm³/mol. The van der Waals surface area contributed by atoms with Crippen LogP contribution in [0.1, 0.15) is 21.5 Å². The number of benzene rings is 2. The molecule has 2 aliphatic heterocycles. The molecule has 0 aliphatic carbocycles. The third-order valence-electron chi connectivity index (χ3n) is 4.50. The lowest BCUT2D eigenvalue weighted by Crippen LogP contribution is -2.35. The van der Waals surface area contributed by atoms with E-state index in [0.717, 1.165) is 5.56 Å². The van der Waals surface area contributed by atoms with Gasteiger partial charge in [0.25, 0.3) is 11.8 Å². The molecule has 10 heteroatoms. The fraction of sp³-hybridized carbons (Fsp3) is 0.222. The van der Waals surface area contributed by atoms with Gasteiger partial charge in [0.2, 0.25) is 0 Å². The summed E-state index contributed by atoms with van der Waals surface area (Å²) in [6.07, 6.45) is 0.379. The summed E-state index contributed by atoms with van der Waals surface area (Å²) < 4.78 is 48.0. The molecule has 2 amide bonds. The Kier molecular flexibility index (Phi) is 4.42.